The number of carbonyl (C=O) groups excluding carboxylic acids is 1. The number of nitrogens with one attached hydrogen (secondary N) is 1. The summed E-state index contributed by atoms with van der Waals surface area (Å²) >= 11 is 0. The molecule has 0 spiro atoms. The molecule has 0 saturated heterocycles. The molecule has 1 saturated carbocycles. The maximum atomic E-state index is 12.1. The lowest BCUT2D eigenvalue weighted by Crippen LogP contribution is -2.53. The topological polar surface area (TPSA) is 41.6 Å². The normalized spacial score (nSPS) is 21.8. The smallest absolute Gasteiger partial charge is 0.326 e. The van der Waals surface area contributed by atoms with Crippen LogP contribution in [0.4, 0.5) is 0 Å². The van der Waals surface area contributed by atoms with E-state index >= 15 is 0 Å². The lowest BCUT2D eigenvalue weighted by atomic mass is 9.92. The molecule has 0 aliphatic heterocycles. The van der Waals surface area contributed by atoms with Gasteiger partial charge in [-0.15, -0.1) is 0 Å². The van der Waals surface area contributed by atoms with Gasteiger partial charge in [-0.3, -0.25) is 4.79 Å². The lowest BCUT2D eigenvalue weighted by Gasteiger charge is -2.36. The summed E-state index contributed by atoms with van der Waals surface area (Å²) in [5, 5.41) is 3.13. The third-order valence-electron chi connectivity index (χ3n) is 4.62. The first-order chi connectivity index (χ1) is 8.85. The number of esters is 1. The lowest BCUT2D eigenvalue weighted by molar-refractivity contribution is -0.151. The molecule has 3 unspecified atom stereocenters. The van der Waals surface area contributed by atoms with Crippen molar-refractivity contribution in [3.63, 3.8) is 0 Å². The summed E-state index contributed by atoms with van der Waals surface area (Å²) in [6.07, 6.45) is 3.45. The van der Waals surface area contributed by atoms with Gasteiger partial charge in [0.2, 0.25) is 0 Å². The van der Waals surface area contributed by atoms with E-state index in [1.807, 2.05) is 20.9 Å². The molecule has 4 nitrogen and oxygen atoms in total. The van der Waals surface area contributed by atoms with Gasteiger partial charge in [-0.05, 0) is 67.0 Å². The predicted molar refractivity (Wildman–Crippen MR) is 78.1 cm³/mol. The minimum atomic E-state index is -0.604. The van der Waals surface area contributed by atoms with Crippen LogP contribution in [0.3, 0.4) is 0 Å². The molecule has 0 radical (unpaired) electrons. The average Bonchev–Trinajstić information content (AvgIpc) is 3.21. The van der Waals surface area contributed by atoms with E-state index in [2.05, 4.69) is 31.1 Å². The maximum Gasteiger partial charge on any atom is 0.326 e. The van der Waals surface area contributed by atoms with Crippen LogP contribution in [0.2, 0.25) is 0 Å². The Morgan fingerprint density at radius 3 is 2.47 bits per heavy atom. The Morgan fingerprint density at radius 2 is 2.05 bits per heavy atom. The van der Waals surface area contributed by atoms with E-state index < -0.39 is 5.54 Å². The zero-order valence-corrected chi connectivity index (χ0v) is 13.3. The second-order valence-electron chi connectivity index (χ2n) is 6.10. The molecule has 19 heavy (non-hydrogen) atoms. The summed E-state index contributed by atoms with van der Waals surface area (Å²) in [7, 11) is 3.99. The minimum absolute atomic E-state index is 0.156. The first-order valence-corrected chi connectivity index (χ1v) is 7.43. The average molecular weight is 270 g/mol. The monoisotopic (exact) mass is 270 g/mol. The van der Waals surface area contributed by atoms with Gasteiger partial charge in [-0.25, -0.2) is 0 Å². The van der Waals surface area contributed by atoms with Gasteiger partial charge in [0, 0.05) is 12.1 Å². The summed E-state index contributed by atoms with van der Waals surface area (Å²) in [4.78, 5) is 14.5. The molecule has 1 rings (SSSR count). The Bertz CT molecular complexity index is 305. The quantitative estimate of drug-likeness (QED) is 0.685. The van der Waals surface area contributed by atoms with Crippen molar-refractivity contribution in [1.82, 2.24) is 10.2 Å². The highest BCUT2D eigenvalue weighted by Gasteiger charge is 2.38. The van der Waals surface area contributed by atoms with Crippen molar-refractivity contribution in [3.8, 4) is 0 Å². The summed E-state index contributed by atoms with van der Waals surface area (Å²) < 4.78 is 5.18. The molecule has 112 valence electrons. The Kier molecular flexibility index (Phi) is 5.81. The van der Waals surface area contributed by atoms with Crippen molar-refractivity contribution in [2.24, 2.45) is 5.92 Å². The van der Waals surface area contributed by atoms with Crippen LogP contribution in [0.25, 0.3) is 0 Å². The predicted octanol–water partition coefficient (Wildman–Crippen LogP) is 2.04. The third-order valence-corrected chi connectivity index (χ3v) is 4.62. The second-order valence-corrected chi connectivity index (χ2v) is 6.10. The maximum absolute atomic E-state index is 12.1. The Balaban J connectivity index is 2.60. The zero-order valence-electron chi connectivity index (χ0n) is 13.3. The van der Waals surface area contributed by atoms with Crippen LogP contribution < -0.4 is 5.32 Å². The molecule has 1 aliphatic carbocycles. The highest BCUT2D eigenvalue weighted by atomic mass is 16.5. The fourth-order valence-corrected chi connectivity index (χ4v) is 2.63. The first-order valence-electron chi connectivity index (χ1n) is 7.43. The zero-order chi connectivity index (χ0) is 14.6. The van der Waals surface area contributed by atoms with E-state index in [4.69, 9.17) is 4.74 Å². The number of hydrogen-bond acceptors (Lipinski definition) is 4. The third kappa shape index (κ3) is 4.18. The fraction of sp³-hybridized carbons (Fsp3) is 0.933. The van der Waals surface area contributed by atoms with E-state index in [0.29, 0.717) is 18.7 Å². The molecule has 0 aromatic carbocycles. The number of likely N-dealkylation sites (N-methyl/N-ethyl adjacent to an activating group) is 1. The number of rotatable bonds is 8. The summed E-state index contributed by atoms with van der Waals surface area (Å²) in [5.74, 6) is 0.688. The Hall–Kier alpha value is -0.610. The Labute approximate surface area is 117 Å². The van der Waals surface area contributed by atoms with Crippen molar-refractivity contribution in [2.75, 3.05) is 20.7 Å². The van der Waals surface area contributed by atoms with Crippen molar-refractivity contribution in [1.29, 1.82) is 0 Å². The van der Waals surface area contributed by atoms with Gasteiger partial charge >= 0.3 is 5.97 Å². The highest BCUT2D eigenvalue weighted by Crippen LogP contribution is 2.35. The molecule has 4 heteroatoms. The van der Waals surface area contributed by atoms with Crippen molar-refractivity contribution >= 4 is 5.97 Å². The second kappa shape index (κ2) is 6.71. The summed E-state index contributed by atoms with van der Waals surface area (Å²) in [6.45, 7) is 8.68. The van der Waals surface area contributed by atoms with E-state index in [-0.39, 0.29) is 5.97 Å². The molecule has 0 amide bonds. The van der Waals surface area contributed by atoms with Gasteiger partial charge in [0.15, 0.2) is 0 Å². The van der Waals surface area contributed by atoms with Crippen LogP contribution >= 0.6 is 0 Å². The number of ether oxygens (including phenoxy) is 1. The highest BCUT2D eigenvalue weighted by molar-refractivity contribution is 5.80. The van der Waals surface area contributed by atoms with Crippen LogP contribution in [-0.4, -0.2) is 49.2 Å². The summed E-state index contributed by atoms with van der Waals surface area (Å²) in [6, 6.07) is 0.941. The summed E-state index contributed by atoms with van der Waals surface area (Å²) in [5.41, 5.74) is -0.604. The van der Waals surface area contributed by atoms with E-state index in [0.717, 1.165) is 12.3 Å². The first kappa shape index (κ1) is 16.4. The minimum Gasteiger partial charge on any atom is -0.465 e. The van der Waals surface area contributed by atoms with E-state index in [9.17, 15) is 4.79 Å². The molecular formula is C15H30N2O2. The molecule has 1 fully saturated rings. The van der Waals surface area contributed by atoms with Gasteiger partial charge in [0.1, 0.15) is 5.54 Å². The van der Waals surface area contributed by atoms with Crippen molar-refractivity contribution < 1.29 is 9.53 Å². The standard InChI is InChI=1S/C15H30N2O2/c1-7-19-14(18)15(4,16-5)10-11(2)17(6)12(3)13-8-9-13/h11-13,16H,7-10H2,1-6H3. The van der Waals surface area contributed by atoms with Crippen LogP contribution in [0, 0.1) is 5.92 Å². The van der Waals surface area contributed by atoms with Crippen LogP contribution in [0.1, 0.15) is 47.0 Å². The van der Waals surface area contributed by atoms with Gasteiger partial charge in [-0.2, -0.15) is 0 Å². The van der Waals surface area contributed by atoms with Crippen molar-refractivity contribution in [3.05, 3.63) is 0 Å². The Morgan fingerprint density at radius 1 is 1.47 bits per heavy atom. The molecule has 0 aromatic rings. The molecule has 1 N–H and O–H groups in total. The van der Waals surface area contributed by atoms with Gasteiger partial charge in [-0.1, -0.05) is 0 Å². The fourth-order valence-electron chi connectivity index (χ4n) is 2.63. The van der Waals surface area contributed by atoms with Crippen LogP contribution in [0.15, 0.2) is 0 Å². The molecule has 0 bridgehead atoms. The number of carbonyl (C=O) groups is 1. The number of nitrogens with zero attached hydrogens (tertiary/aromatic N) is 1. The van der Waals surface area contributed by atoms with E-state index in [1.165, 1.54) is 12.8 Å². The van der Waals surface area contributed by atoms with Gasteiger partial charge < -0.3 is 15.0 Å². The number of hydrogen-bond donors (Lipinski definition) is 1. The molecule has 0 aromatic heterocycles. The van der Waals surface area contributed by atoms with Crippen molar-refractivity contribution in [2.45, 2.75) is 64.6 Å². The molecule has 0 heterocycles. The molecular weight excluding hydrogens is 240 g/mol. The van der Waals surface area contributed by atoms with Gasteiger partial charge in [0.25, 0.3) is 0 Å². The van der Waals surface area contributed by atoms with Crippen LogP contribution in [0.5, 0.6) is 0 Å². The van der Waals surface area contributed by atoms with E-state index in [1.54, 1.807) is 0 Å². The molecule has 1 aliphatic rings. The van der Waals surface area contributed by atoms with Gasteiger partial charge in [0.05, 0.1) is 6.61 Å². The molecule has 3 atom stereocenters. The SMILES string of the molecule is CCOC(=O)C(C)(CC(C)N(C)C(C)C1CC1)NC. The van der Waals surface area contributed by atoms with Crippen LogP contribution in [-0.2, 0) is 9.53 Å². The largest absolute Gasteiger partial charge is 0.465 e.